The third-order valence-corrected chi connectivity index (χ3v) is 4.64. The summed E-state index contributed by atoms with van der Waals surface area (Å²) in [5, 5.41) is 5.57. The number of hydrogen-bond acceptors (Lipinski definition) is 3. The maximum Gasteiger partial charge on any atom is 0.0716 e. The predicted molar refractivity (Wildman–Crippen MR) is 79.7 cm³/mol. The Balaban J connectivity index is 1.92. The minimum atomic E-state index is 0.667. The largest absolute Gasteiger partial charge is 0.380 e. The van der Waals surface area contributed by atoms with Crippen LogP contribution in [0.2, 0.25) is 0 Å². The van der Waals surface area contributed by atoms with Crippen molar-refractivity contribution in [3.8, 4) is 0 Å². The van der Waals surface area contributed by atoms with Gasteiger partial charge in [-0.2, -0.15) is 0 Å². The van der Waals surface area contributed by atoms with Crippen molar-refractivity contribution in [2.24, 2.45) is 0 Å². The maximum atomic E-state index is 5.21. The monoisotopic (exact) mass is 325 g/mol. The van der Waals surface area contributed by atoms with Crippen LogP contribution in [0.15, 0.2) is 40.2 Å². The molecule has 0 saturated carbocycles. The maximum absolute atomic E-state index is 5.21. The first-order valence-electron chi connectivity index (χ1n) is 5.79. The van der Waals surface area contributed by atoms with Crippen molar-refractivity contribution in [3.63, 3.8) is 0 Å². The van der Waals surface area contributed by atoms with Crippen LogP contribution in [0.3, 0.4) is 0 Å². The van der Waals surface area contributed by atoms with Crippen LogP contribution in [0.5, 0.6) is 0 Å². The molecular formula is C14H16BrNOS. The number of benzene rings is 1. The fourth-order valence-electron chi connectivity index (χ4n) is 1.79. The molecule has 96 valence electrons. The SMILES string of the molecule is COCc1ccccc1CNCc1sccc1Br. The molecule has 1 aromatic carbocycles. The molecule has 1 N–H and O–H groups in total. The highest BCUT2D eigenvalue weighted by Gasteiger charge is 2.03. The van der Waals surface area contributed by atoms with Crippen molar-refractivity contribution in [2.45, 2.75) is 19.7 Å². The van der Waals surface area contributed by atoms with Crippen molar-refractivity contribution < 1.29 is 4.74 Å². The lowest BCUT2D eigenvalue weighted by Gasteiger charge is -2.09. The Labute approximate surface area is 120 Å². The summed E-state index contributed by atoms with van der Waals surface area (Å²) in [7, 11) is 1.73. The second kappa shape index (κ2) is 7.04. The van der Waals surface area contributed by atoms with Crippen LogP contribution in [-0.4, -0.2) is 7.11 Å². The topological polar surface area (TPSA) is 21.3 Å². The van der Waals surface area contributed by atoms with Crippen LogP contribution in [-0.2, 0) is 24.4 Å². The first kappa shape index (κ1) is 13.7. The highest BCUT2D eigenvalue weighted by atomic mass is 79.9. The van der Waals surface area contributed by atoms with Crippen molar-refractivity contribution in [1.29, 1.82) is 0 Å². The normalized spacial score (nSPS) is 10.8. The molecule has 2 nitrogen and oxygen atoms in total. The molecule has 0 saturated heterocycles. The lowest BCUT2D eigenvalue weighted by molar-refractivity contribution is 0.184. The molecule has 0 aliphatic rings. The minimum absolute atomic E-state index is 0.667. The fourth-order valence-corrected chi connectivity index (χ4v) is 3.25. The van der Waals surface area contributed by atoms with Crippen LogP contribution in [0, 0.1) is 0 Å². The van der Waals surface area contributed by atoms with Gasteiger partial charge in [0, 0.05) is 29.5 Å². The number of hydrogen-bond donors (Lipinski definition) is 1. The summed E-state index contributed by atoms with van der Waals surface area (Å²) >= 11 is 5.31. The van der Waals surface area contributed by atoms with E-state index < -0.39 is 0 Å². The van der Waals surface area contributed by atoms with Gasteiger partial charge in [0.1, 0.15) is 0 Å². The van der Waals surface area contributed by atoms with Crippen LogP contribution >= 0.6 is 27.3 Å². The quantitative estimate of drug-likeness (QED) is 0.868. The number of halogens is 1. The van der Waals surface area contributed by atoms with Crippen LogP contribution in [0.4, 0.5) is 0 Å². The average molecular weight is 326 g/mol. The van der Waals surface area contributed by atoms with E-state index in [1.807, 2.05) is 6.07 Å². The van der Waals surface area contributed by atoms with Gasteiger partial charge in [-0.05, 0) is 38.5 Å². The highest BCUT2D eigenvalue weighted by molar-refractivity contribution is 9.10. The Kier molecular flexibility index (Phi) is 5.38. The van der Waals surface area contributed by atoms with E-state index >= 15 is 0 Å². The summed E-state index contributed by atoms with van der Waals surface area (Å²) in [6, 6.07) is 10.5. The van der Waals surface area contributed by atoms with Gasteiger partial charge in [0.25, 0.3) is 0 Å². The van der Waals surface area contributed by atoms with Crippen LogP contribution in [0.1, 0.15) is 16.0 Å². The van der Waals surface area contributed by atoms with E-state index in [0.717, 1.165) is 13.1 Å². The average Bonchev–Trinajstić information content (AvgIpc) is 2.78. The Morgan fingerprint density at radius 2 is 1.94 bits per heavy atom. The molecule has 0 radical (unpaired) electrons. The molecule has 0 spiro atoms. The number of ether oxygens (including phenoxy) is 1. The van der Waals surface area contributed by atoms with E-state index in [0.29, 0.717) is 6.61 Å². The van der Waals surface area contributed by atoms with Gasteiger partial charge in [-0.15, -0.1) is 11.3 Å². The summed E-state index contributed by atoms with van der Waals surface area (Å²) in [6.07, 6.45) is 0. The van der Waals surface area contributed by atoms with Gasteiger partial charge in [-0.3, -0.25) is 0 Å². The van der Waals surface area contributed by atoms with Gasteiger partial charge in [0.15, 0.2) is 0 Å². The van der Waals surface area contributed by atoms with E-state index in [2.05, 4.69) is 50.9 Å². The molecule has 0 fully saturated rings. The van der Waals surface area contributed by atoms with Crippen molar-refractivity contribution in [1.82, 2.24) is 5.32 Å². The molecule has 1 aromatic heterocycles. The third-order valence-electron chi connectivity index (χ3n) is 2.71. The van der Waals surface area contributed by atoms with Gasteiger partial charge in [-0.25, -0.2) is 0 Å². The first-order valence-corrected chi connectivity index (χ1v) is 7.47. The van der Waals surface area contributed by atoms with Gasteiger partial charge >= 0.3 is 0 Å². The number of rotatable bonds is 6. The molecule has 0 atom stereocenters. The summed E-state index contributed by atoms with van der Waals surface area (Å²) < 4.78 is 6.39. The first-order chi connectivity index (χ1) is 8.81. The Morgan fingerprint density at radius 1 is 1.17 bits per heavy atom. The van der Waals surface area contributed by atoms with Crippen molar-refractivity contribution >= 4 is 27.3 Å². The lowest BCUT2D eigenvalue weighted by Crippen LogP contribution is -2.13. The summed E-state index contributed by atoms with van der Waals surface area (Å²) in [5.74, 6) is 0. The smallest absolute Gasteiger partial charge is 0.0716 e. The molecule has 18 heavy (non-hydrogen) atoms. The van der Waals surface area contributed by atoms with E-state index in [4.69, 9.17) is 4.74 Å². The summed E-state index contributed by atoms with van der Waals surface area (Å²) in [5.41, 5.74) is 2.55. The zero-order valence-electron chi connectivity index (χ0n) is 10.3. The zero-order chi connectivity index (χ0) is 12.8. The van der Waals surface area contributed by atoms with E-state index in [1.165, 1.54) is 20.5 Å². The van der Waals surface area contributed by atoms with Gasteiger partial charge in [-0.1, -0.05) is 24.3 Å². The number of nitrogens with one attached hydrogen (secondary N) is 1. The molecule has 2 rings (SSSR count). The predicted octanol–water partition coefficient (Wildman–Crippen LogP) is 3.95. The molecule has 2 aromatic rings. The highest BCUT2D eigenvalue weighted by Crippen LogP contribution is 2.22. The molecule has 4 heteroatoms. The standard InChI is InChI=1S/C14H16BrNOS/c1-17-10-12-5-3-2-4-11(12)8-16-9-14-13(15)6-7-18-14/h2-7,16H,8-10H2,1H3. The summed E-state index contributed by atoms with van der Waals surface area (Å²) in [4.78, 5) is 1.33. The zero-order valence-corrected chi connectivity index (χ0v) is 12.7. The fraction of sp³-hybridized carbons (Fsp3) is 0.286. The lowest BCUT2D eigenvalue weighted by atomic mass is 10.1. The molecule has 0 aliphatic carbocycles. The van der Waals surface area contributed by atoms with Crippen LogP contribution < -0.4 is 5.32 Å². The number of methoxy groups -OCH3 is 1. The third kappa shape index (κ3) is 3.65. The molecule has 0 unspecified atom stereocenters. The Bertz CT molecular complexity index is 498. The second-order valence-corrected chi connectivity index (χ2v) is 5.85. The second-order valence-electron chi connectivity index (χ2n) is 4.00. The Morgan fingerprint density at radius 3 is 2.61 bits per heavy atom. The van der Waals surface area contributed by atoms with Crippen LogP contribution in [0.25, 0.3) is 0 Å². The molecule has 0 amide bonds. The van der Waals surface area contributed by atoms with E-state index in [9.17, 15) is 0 Å². The molecule has 1 heterocycles. The van der Waals surface area contributed by atoms with Crippen molar-refractivity contribution in [2.75, 3.05) is 7.11 Å². The summed E-state index contributed by atoms with van der Waals surface area (Å²) in [6.45, 7) is 2.42. The molecule has 0 aliphatic heterocycles. The minimum Gasteiger partial charge on any atom is -0.380 e. The van der Waals surface area contributed by atoms with Crippen molar-refractivity contribution in [3.05, 3.63) is 56.2 Å². The van der Waals surface area contributed by atoms with E-state index in [-0.39, 0.29) is 0 Å². The van der Waals surface area contributed by atoms with Gasteiger partial charge in [0.2, 0.25) is 0 Å². The molecular weight excluding hydrogens is 310 g/mol. The van der Waals surface area contributed by atoms with Gasteiger partial charge < -0.3 is 10.1 Å². The number of thiophene rings is 1. The Hall–Kier alpha value is -0.680. The van der Waals surface area contributed by atoms with Gasteiger partial charge in [0.05, 0.1) is 6.61 Å². The van der Waals surface area contributed by atoms with E-state index in [1.54, 1.807) is 18.4 Å². The molecule has 0 bridgehead atoms.